The number of nitrogens with zero attached hydrogens (tertiary/aromatic N) is 3. The Morgan fingerprint density at radius 1 is 1.37 bits per heavy atom. The predicted octanol–water partition coefficient (Wildman–Crippen LogP) is 0.861. The molecule has 0 radical (unpaired) electrons. The van der Waals surface area contributed by atoms with E-state index in [0.29, 0.717) is 23.3 Å². The number of imide groups is 1. The molecular weight excluding hydrogens is 476 g/mol. The summed E-state index contributed by atoms with van der Waals surface area (Å²) in [4.78, 5) is 66.6. The van der Waals surface area contributed by atoms with Crippen LogP contribution in [0.1, 0.15) is 55.2 Å². The second kappa shape index (κ2) is 13.6. The lowest BCUT2D eigenvalue weighted by Gasteiger charge is -2.18. The fourth-order valence-corrected chi connectivity index (χ4v) is 4.45. The molecule has 1 aliphatic rings. The summed E-state index contributed by atoms with van der Waals surface area (Å²) >= 11 is 1.06. The number of allylic oxidation sites excluding steroid dienone is 2. The van der Waals surface area contributed by atoms with Crippen LogP contribution >= 0.6 is 11.8 Å². The van der Waals surface area contributed by atoms with Crippen molar-refractivity contribution in [3.63, 3.8) is 0 Å². The van der Waals surface area contributed by atoms with Gasteiger partial charge in [-0.3, -0.25) is 24.1 Å². The lowest BCUT2D eigenvalue weighted by atomic mass is 10.1. The highest BCUT2D eigenvalue weighted by Gasteiger charge is 2.39. The first-order chi connectivity index (χ1) is 16.7. The molecule has 2 heterocycles. The number of esters is 1. The molecule has 0 bridgehead atoms. The second-order valence-corrected chi connectivity index (χ2v) is 9.16. The van der Waals surface area contributed by atoms with Crippen LogP contribution in [0.3, 0.4) is 0 Å². The number of amides is 3. The van der Waals surface area contributed by atoms with Crippen molar-refractivity contribution < 1.29 is 33.4 Å². The lowest BCUT2D eigenvalue weighted by molar-refractivity contribution is -0.613. The number of carbonyl (C=O) groups is 5. The molecule has 2 rings (SSSR count). The largest absolute Gasteiger partial charge is 0.618 e. The summed E-state index contributed by atoms with van der Waals surface area (Å²) in [5.74, 6) is -2.20. The topological polar surface area (TPSA) is 150 Å². The van der Waals surface area contributed by atoms with Crippen molar-refractivity contribution in [3.8, 4) is 0 Å². The van der Waals surface area contributed by atoms with E-state index in [1.165, 1.54) is 13.1 Å². The van der Waals surface area contributed by atoms with Gasteiger partial charge >= 0.3 is 5.97 Å². The first-order valence-electron chi connectivity index (χ1n) is 11.2. The number of rotatable bonds is 13. The molecule has 1 aliphatic heterocycles. The van der Waals surface area contributed by atoms with Gasteiger partial charge in [-0.25, -0.2) is 9.78 Å². The highest BCUT2D eigenvalue weighted by molar-refractivity contribution is 8.00. The van der Waals surface area contributed by atoms with Crippen molar-refractivity contribution in [2.45, 2.75) is 57.2 Å². The zero-order valence-electron chi connectivity index (χ0n) is 20.0. The van der Waals surface area contributed by atoms with Crippen LogP contribution in [0.5, 0.6) is 0 Å². The summed E-state index contributed by atoms with van der Waals surface area (Å²) in [5.41, 5.74) is 0.121. The van der Waals surface area contributed by atoms with Crippen molar-refractivity contribution in [1.82, 2.24) is 15.2 Å². The standard InChI is InChI=1S/C23H30N4O7S/c1-4-5-6-8-16(28)9-7-10-26-20(29)11-19(22(26)31)35-14-18(23(32)34-3)25-21(30)17-13-27(33)15(2)12-24-17/h5-6,12-13,18-19H,4,7-11,14H2,1-3H3,(H,25,30)/b6-5-. The zero-order valence-corrected chi connectivity index (χ0v) is 20.8. The molecule has 0 aromatic carbocycles. The number of hydrogen-bond donors (Lipinski definition) is 1. The smallest absolute Gasteiger partial charge is 0.329 e. The van der Waals surface area contributed by atoms with Crippen LogP contribution in [0.25, 0.3) is 0 Å². The van der Waals surface area contributed by atoms with Crippen LogP contribution in [0.2, 0.25) is 0 Å². The highest BCUT2D eigenvalue weighted by atomic mass is 32.2. The SMILES string of the molecule is CC/C=C\CC(=O)CCCN1C(=O)CC(SCC(NC(=O)c2c[n+]([O-])c(C)cn2)C(=O)OC)C1=O. The van der Waals surface area contributed by atoms with Gasteiger partial charge in [-0.15, -0.1) is 11.8 Å². The normalized spacial score (nSPS) is 16.5. The molecule has 0 spiro atoms. The third-order valence-corrected chi connectivity index (χ3v) is 6.55. The first kappa shape index (κ1) is 28.0. The molecule has 3 amide bonds. The minimum absolute atomic E-state index is 0.0264. The summed E-state index contributed by atoms with van der Waals surface area (Å²) in [6.07, 6.45) is 7.76. The maximum Gasteiger partial charge on any atom is 0.329 e. The molecule has 190 valence electrons. The molecule has 1 saturated heterocycles. The van der Waals surface area contributed by atoms with Crippen molar-refractivity contribution in [2.75, 3.05) is 19.4 Å². The Hall–Kier alpha value is -3.28. The van der Waals surface area contributed by atoms with Crippen molar-refractivity contribution in [1.29, 1.82) is 0 Å². The minimum atomic E-state index is -1.12. The Kier molecular flexibility index (Phi) is 10.8. The first-order valence-corrected chi connectivity index (χ1v) is 12.3. The lowest BCUT2D eigenvalue weighted by Crippen LogP contribution is -2.45. The van der Waals surface area contributed by atoms with Gasteiger partial charge in [0.1, 0.15) is 11.8 Å². The molecule has 2 unspecified atom stereocenters. The maximum absolute atomic E-state index is 12.7. The average molecular weight is 507 g/mol. The zero-order chi connectivity index (χ0) is 26.0. The van der Waals surface area contributed by atoms with Crippen molar-refractivity contribution >= 4 is 41.2 Å². The molecule has 1 fully saturated rings. The summed E-state index contributed by atoms with van der Waals surface area (Å²) in [5, 5.41) is 13.4. The van der Waals surface area contributed by atoms with E-state index < -0.39 is 23.2 Å². The van der Waals surface area contributed by atoms with E-state index in [2.05, 4.69) is 10.3 Å². The predicted molar refractivity (Wildman–Crippen MR) is 127 cm³/mol. The summed E-state index contributed by atoms with van der Waals surface area (Å²) in [7, 11) is 1.16. The number of ketones is 1. The van der Waals surface area contributed by atoms with Gasteiger partial charge in [-0.1, -0.05) is 19.1 Å². The summed E-state index contributed by atoms with van der Waals surface area (Å²) < 4.78 is 5.22. The number of aromatic nitrogens is 2. The van der Waals surface area contributed by atoms with Gasteiger partial charge in [0.25, 0.3) is 5.91 Å². The van der Waals surface area contributed by atoms with Gasteiger partial charge in [-0.2, -0.15) is 4.73 Å². The third-order valence-electron chi connectivity index (χ3n) is 5.25. The van der Waals surface area contributed by atoms with Crippen LogP contribution in [-0.2, 0) is 23.9 Å². The molecule has 0 saturated carbocycles. The van der Waals surface area contributed by atoms with Crippen LogP contribution in [-0.4, -0.2) is 70.1 Å². The summed E-state index contributed by atoms with van der Waals surface area (Å²) in [6, 6.07) is -1.12. The average Bonchev–Trinajstić information content (AvgIpc) is 3.10. The quantitative estimate of drug-likeness (QED) is 0.135. The van der Waals surface area contributed by atoms with Crippen molar-refractivity contribution in [3.05, 3.63) is 41.1 Å². The number of likely N-dealkylation sites (tertiary alicyclic amines) is 1. The van der Waals surface area contributed by atoms with Crippen LogP contribution in [0.15, 0.2) is 24.5 Å². The Morgan fingerprint density at radius 3 is 2.77 bits per heavy atom. The third kappa shape index (κ3) is 8.16. The van der Waals surface area contributed by atoms with Crippen molar-refractivity contribution in [2.24, 2.45) is 0 Å². The molecular formula is C23H30N4O7S. The number of ether oxygens (including phenoxy) is 1. The van der Waals surface area contributed by atoms with E-state index >= 15 is 0 Å². The van der Waals surface area contributed by atoms with E-state index in [4.69, 9.17) is 4.74 Å². The van der Waals surface area contributed by atoms with E-state index in [0.717, 1.165) is 36.4 Å². The number of carbonyl (C=O) groups excluding carboxylic acids is 5. The van der Waals surface area contributed by atoms with Gasteiger partial charge < -0.3 is 15.3 Å². The van der Waals surface area contributed by atoms with Crippen LogP contribution in [0.4, 0.5) is 0 Å². The van der Waals surface area contributed by atoms with Crippen LogP contribution < -0.4 is 10.0 Å². The number of methoxy groups -OCH3 is 1. The molecule has 1 N–H and O–H groups in total. The van der Waals surface area contributed by atoms with Gasteiger partial charge in [0, 0.05) is 38.5 Å². The molecule has 1 aromatic heterocycles. The van der Waals surface area contributed by atoms with E-state index in [1.54, 1.807) is 0 Å². The van der Waals surface area contributed by atoms with Gasteiger partial charge in [0.15, 0.2) is 5.69 Å². The number of hydrogen-bond acceptors (Lipinski definition) is 9. The molecule has 0 aliphatic carbocycles. The number of aryl methyl sites for hydroxylation is 1. The molecule has 1 aromatic rings. The fraction of sp³-hybridized carbons (Fsp3) is 0.522. The van der Waals surface area contributed by atoms with Gasteiger partial charge in [0.2, 0.25) is 23.7 Å². The Balaban J connectivity index is 1.91. The fourth-order valence-electron chi connectivity index (χ4n) is 3.27. The monoisotopic (exact) mass is 506 g/mol. The van der Waals surface area contributed by atoms with E-state index in [1.807, 2.05) is 19.1 Å². The highest BCUT2D eigenvalue weighted by Crippen LogP contribution is 2.26. The molecule has 11 nitrogen and oxygen atoms in total. The van der Waals surface area contributed by atoms with Gasteiger partial charge in [-0.05, 0) is 12.8 Å². The molecule has 35 heavy (non-hydrogen) atoms. The Morgan fingerprint density at radius 2 is 2.11 bits per heavy atom. The Labute approximate surface area is 207 Å². The number of Topliss-reactive ketones (excluding diaryl/α,β-unsaturated/α-hetero) is 1. The second-order valence-electron chi connectivity index (χ2n) is 7.92. The molecule has 12 heteroatoms. The van der Waals surface area contributed by atoms with Crippen LogP contribution in [0, 0.1) is 12.1 Å². The summed E-state index contributed by atoms with van der Waals surface area (Å²) in [6.45, 7) is 3.66. The molecule has 2 atom stereocenters. The number of nitrogens with one attached hydrogen (secondary N) is 1. The van der Waals surface area contributed by atoms with E-state index in [9.17, 15) is 29.2 Å². The maximum atomic E-state index is 12.7. The minimum Gasteiger partial charge on any atom is -0.618 e. The van der Waals surface area contributed by atoms with E-state index in [-0.39, 0.29) is 48.4 Å². The number of thioether (sulfide) groups is 1. The van der Waals surface area contributed by atoms with Gasteiger partial charge in [0.05, 0.1) is 18.6 Å². The Bertz CT molecular complexity index is 998.